The van der Waals surface area contributed by atoms with Gasteiger partial charge in [-0.1, -0.05) is 18.2 Å². The molecule has 0 aliphatic heterocycles. The molecule has 0 aliphatic rings. The Morgan fingerprint density at radius 1 is 1.36 bits per heavy atom. The van der Waals surface area contributed by atoms with Gasteiger partial charge in [-0.25, -0.2) is 0 Å². The second-order valence-electron chi connectivity index (χ2n) is 2.97. The maximum atomic E-state index is 11.5. The number of hydrogen-bond acceptors (Lipinski definition) is 2. The summed E-state index contributed by atoms with van der Waals surface area (Å²) in [6.07, 6.45) is 1.61. The van der Waals surface area contributed by atoms with Crippen molar-refractivity contribution in [3.8, 4) is 6.07 Å². The lowest BCUT2D eigenvalue weighted by Crippen LogP contribution is -2.07. The molecule has 1 aromatic carbocycles. The van der Waals surface area contributed by atoms with Crippen LogP contribution in [0.1, 0.15) is 11.2 Å². The Bertz CT molecular complexity index is 519. The van der Waals surface area contributed by atoms with Crippen molar-refractivity contribution in [1.29, 1.82) is 5.26 Å². The molecule has 3 heteroatoms. The average molecular weight is 184 g/mol. The normalized spacial score (nSPS) is 9.93. The summed E-state index contributed by atoms with van der Waals surface area (Å²) >= 11 is 0. The van der Waals surface area contributed by atoms with Gasteiger partial charge >= 0.3 is 0 Å². The number of benzene rings is 1. The lowest BCUT2D eigenvalue weighted by Gasteiger charge is -1.99. The summed E-state index contributed by atoms with van der Waals surface area (Å²) in [6.45, 7) is 0. The smallest absolute Gasteiger partial charge is 0.245 e. The number of carbonyl (C=O) groups excluding carboxylic acids is 1. The van der Waals surface area contributed by atoms with E-state index < -0.39 is 0 Å². The van der Waals surface area contributed by atoms with Gasteiger partial charge in [-0.2, -0.15) is 5.26 Å². The number of nitriles is 1. The van der Waals surface area contributed by atoms with Crippen LogP contribution >= 0.6 is 0 Å². The molecule has 14 heavy (non-hydrogen) atoms. The Kier molecular flexibility index (Phi) is 2.04. The van der Waals surface area contributed by atoms with E-state index in [9.17, 15) is 4.79 Å². The fraction of sp³-hybridized carbons (Fsp3) is 0.0909. The molecule has 0 saturated carbocycles. The van der Waals surface area contributed by atoms with Crippen LogP contribution in [-0.2, 0) is 0 Å². The largest absolute Gasteiger partial charge is 0.286 e. The Labute approximate surface area is 81.2 Å². The van der Waals surface area contributed by atoms with Gasteiger partial charge < -0.3 is 0 Å². The van der Waals surface area contributed by atoms with Gasteiger partial charge in [-0.3, -0.25) is 9.36 Å². The first-order valence-electron chi connectivity index (χ1n) is 4.29. The first-order chi connectivity index (χ1) is 6.83. The van der Waals surface area contributed by atoms with Gasteiger partial charge in [0.25, 0.3) is 0 Å². The predicted molar refractivity (Wildman–Crippen MR) is 52.8 cm³/mol. The Balaban J connectivity index is 2.54. The highest BCUT2D eigenvalue weighted by Gasteiger charge is 2.06. The van der Waals surface area contributed by atoms with Gasteiger partial charge in [0.15, 0.2) is 0 Å². The number of hydrogen-bond donors (Lipinski definition) is 0. The topological polar surface area (TPSA) is 45.8 Å². The molecule has 0 bridgehead atoms. The van der Waals surface area contributed by atoms with Gasteiger partial charge in [-0.05, 0) is 12.1 Å². The maximum absolute atomic E-state index is 11.5. The molecule has 0 amide bonds. The van der Waals surface area contributed by atoms with Gasteiger partial charge in [0.1, 0.15) is 6.42 Å². The van der Waals surface area contributed by atoms with Crippen LogP contribution in [-0.4, -0.2) is 10.5 Å². The Morgan fingerprint density at radius 2 is 2.14 bits per heavy atom. The average Bonchev–Trinajstić information content (AvgIpc) is 2.61. The van der Waals surface area contributed by atoms with Crippen LogP contribution < -0.4 is 0 Å². The minimum Gasteiger partial charge on any atom is -0.286 e. The third-order valence-corrected chi connectivity index (χ3v) is 2.10. The quantitative estimate of drug-likeness (QED) is 0.682. The van der Waals surface area contributed by atoms with E-state index in [0.717, 1.165) is 10.9 Å². The van der Waals surface area contributed by atoms with E-state index in [1.165, 1.54) is 4.57 Å². The summed E-state index contributed by atoms with van der Waals surface area (Å²) in [7, 11) is 0. The van der Waals surface area contributed by atoms with E-state index >= 15 is 0 Å². The molecule has 0 atom stereocenters. The third kappa shape index (κ3) is 1.27. The molecule has 1 heterocycles. The van der Waals surface area contributed by atoms with Crippen LogP contribution in [0.15, 0.2) is 36.5 Å². The number of aromatic nitrogens is 1. The lowest BCUT2D eigenvalue weighted by atomic mass is 10.2. The van der Waals surface area contributed by atoms with Crippen molar-refractivity contribution in [1.82, 2.24) is 4.57 Å². The summed E-state index contributed by atoms with van der Waals surface area (Å²) in [5.41, 5.74) is 0.854. The second-order valence-corrected chi connectivity index (χ2v) is 2.97. The lowest BCUT2D eigenvalue weighted by molar-refractivity contribution is 0.0924. The number of rotatable bonds is 1. The molecule has 0 spiro atoms. The molecule has 0 unspecified atom stereocenters. The minimum absolute atomic E-state index is 0.0846. The standard InChI is InChI=1S/C11H8N2O/c12-7-5-11(14)13-8-6-9-3-1-2-4-10(9)13/h1-4,6,8H,5H2. The van der Waals surface area contributed by atoms with Crippen LogP contribution in [0.3, 0.4) is 0 Å². The van der Waals surface area contributed by atoms with Gasteiger partial charge in [0, 0.05) is 11.6 Å². The zero-order chi connectivity index (χ0) is 9.97. The zero-order valence-electron chi connectivity index (χ0n) is 7.47. The monoisotopic (exact) mass is 184 g/mol. The molecule has 3 nitrogen and oxygen atoms in total. The van der Waals surface area contributed by atoms with Crippen molar-refractivity contribution >= 4 is 16.8 Å². The van der Waals surface area contributed by atoms with E-state index in [1.807, 2.05) is 36.4 Å². The third-order valence-electron chi connectivity index (χ3n) is 2.10. The first-order valence-corrected chi connectivity index (χ1v) is 4.29. The Morgan fingerprint density at radius 3 is 2.93 bits per heavy atom. The van der Waals surface area contributed by atoms with Crippen LogP contribution in [0.2, 0.25) is 0 Å². The predicted octanol–water partition coefficient (Wildman–Crippen LogP) is 2.20. The molecule has 68 valence electrons. The fourth-order valence-corrected chi connectivity index (χ4v) is 1.45. The highest BCUT2D eigenvalue weighted by molar-refractivity contribution is 5.93. The maximum Gasteiger partial charge on any atom is 0.245 e. The van der Waals surface area contributed by atoms with Gasteiger partial charge in [0.05, 0.1) is 11.6 Å². The fourth-order valence-electron chi connectivity index (χ4n) is 1.45. The zero-order valence-corrected chi connectivity index (χ0v) is 7.47. The van der Waals surface area contributed by atoms with Crippen molar-refractivity contribution in [3.63, 3.8) is 0 Å². The van der Waals surface area contributed by atoms with E-state index in [1.54, 1.807) is 6.20 Å². The van der Waals surface area contributed by atoms with E-state index in [2.05, 4.69) is 0 Å². The van der Waals surface area contributed by atoms with Crippen molar-refractivity contribution in [2.24, 2.45) is 0 Å². The molecule has 0 saturated heterocycles. The van der Waals surface area contributed by atoms with Crippen molar-refractivity contribution in [2.75, 3.05) is 0 Å². The summed E-state index contributed by atoms with van der Waals surface area (Å²) in [5.74, 6) is -0.186. The van der Waals surface area contributed by atoms with E-state index in [4.69, 9.17) is 5.26 Å². The summed E-state index contributed by atoms with van der Waals surface area (Å²) in [5, 5.41) is 9.44. The van der Waals surface area contributed by atoms with Crippen molar-refractivity contribution in [3.05, 3.63) is 36.5 Å². The highest BCUT2D eigenvalue weighted by Crippen LogP contribution is 2.15. The minimum atomic E-state index is -0.186. The van der Waals surface area contributed by atoms with Crippen LogP contribution in [0.4, 0.5) is 0 Å². The SMILES string of the molecule is N#CCC(=O)n1ccc2ccccc21. The van der Waals surface area contributed by atoms with Crippen LogP contribution in [0, 0.1) is 11.3 Å². The molecule has 0 fully saturated rings. The molecule has 2 aromatic rings. The van der Waals surface area contributed by atoms with Crippen LogP contribution in [0.5, 0.6) is 0 Å². The molecule has 1 aromatic heterocycles. The molecule has 2 rings (SSSR count). The van der Waals surface area contributed by atoms with Gasteiger partial charge in [0.2, 0.25) is 5.91 Å². The Hall–Kier alpha value is -2.08. The molecular weight excluding hydrogens is 176 g/mol. The highest BCUT2D eigenvalue weighted by atomic mass is 16.1. The van der Waals surface area contributed by atoms with Crippen molar-refractivity contribution in [2.45, 2.75) is 6.42 Å². The molecule has 0 radical (unpaired) electrons. The number of nitrogens with zero attached hydrogens (tertiary/aromatic N) is 2. The van der Waals surface area contributed by atoms with E-state index in [0.29, 0.717) is 0 Å². The molecule has 0 N–H and O–H groups in total. The number of carbonyl (C=O) groups is 1. The molecule has 0 aliphatic carbocycles. The number of para-hydroxylation sites is 1. The summed E-state index contributed by atoms with van der Waals surface area (Å²) in [4.78, 5) is 11.5. The van der Waals surface area contributed by atoms with Gasteiger partial charge in [-0.15, -0.1) is 0 Å². The van der Waals surface area contributed by atoms with Crippen LogP contribution in [0.25, 0.3) is 10.9 Å². The summed E-state index contributed by atoms with van der Waals surface area (Å²) in [6, 6.07) is 11.3. The number of fused-ring (bicyclic) bond motifs is 1. The van der Waals surface area contributed by atoms with E-state index in [-0.39, 0.29) is 12.3 Å². The summed E-state index contributed by atoms with van der Waals surface area (Å²) < 4.78 is 1.51. The second kappa shape index (κ2) is 3.35. The van der Waals surface area contributed by atoms with Crippen molar-refractivity contribution < 1.29 is 4.79 Å². The first kappa shape index (κ1) is 8.52. The molecular formula is C11H8N2O.